The number of hydrogen-bond acceptors (Lipinski definition) is 8. The quantitative estimate of drug-likeness (QED) is 0.161. The number of aliphatic imine (C=N–C) groups is 1. The van der Waals surface area contributed by atoms with Gasteiger partial charge in [-0.15, -0.1) is 0 Å². The lowest BCUT2D eigenvalue weighted by atomic mass is 10.1. The summed E-state index contributed by atoms with van der Waals surface area (Å²) in [5.41, 5.74) is 18.8. The number of aryl methyl sites for hydroxylation is 3. The molecule has 0 spiro atoms. The van der Waals surface area contributed by atoms with E-state index in [9.17, 15) is 4.79 Å². The van der Waals surface area contributed by atoms with E-state index >= 15 is 0 Å². The fraction of sp³-hybridized carbons (Fsp3) is 0.348. The lowest BCUT2D eigenvalue weighted by Crippen LogP contribution is -2.38. The standard InChI is InChI=1S/C23H31N9O2/c1-15-20(24)31-21(25)19(30-15)22(33)32-23(26)29-11-3-2-5-16-7-9-17(10-8-16)34-14-4-6-18-27-12-13-28-18/h7-10,12-13H,2-6,11,14H2,1H3,(H,27,28)(H4,24,25,31)(H3,26,29,32,33). The van der Waals surface area contributed by atoms with Gasteiger partial charge in [-0.05, 0) is 50.3 Å². The van der Waals surface area contributed by atoms with E-state index in [-0.39, 0.29) is 23.3 Å². The summed E-state index contributed by atoms with van der Waals surface area (Å²) in [4.78, 5) is 31.7. The maximum atomic E-state index is 12.3. The highest BCUT2D eigenvalue weighted by Gasteiger charge is 2.15. The number of aromatic amines is 1. The molecule has 0 bridgehead atoms. The van der Waals surface area contributed by atoms with E-state index in [2.05, 4.69) is 42.4 Å². The molecule has 2 heterocycles. The third-order valence-corrected chi connectivity index (χ3v) is 5.05. The minimum absolute atomic E-state index is 0.00854. The van der Waals surface area contributed by atoms with Gasteiger partial charge >= 0.3 is 0 Å². The Hall–Kier alpha value is -4.15. The van der Waals surface area contributed by atoms with Crippen LogP contribution in [0.4, 0.5) is 11.6 Å². The zero-order chi connectivity index (χ0) is 24.3. The molecular formula is C23H31N9O2. The highest BCUT2D eigenvalue weighted by atomic mass is 16.5. The number of amides is 1. The summed E-state index contributed by atoms with van der Waals surface area (Å²) in [7, 11) is 0. The van der Waals surface area contributed by atoms with Crippen molar-refractivity contribution in [1.82, 2.24) is 25.3 Å². The molecule has 0 atom stereocenters. The predicted molar refractivity (Wildman–Crippen MR) is 131 cm³/mol. The molecular weight excluding hydrogens is 434 g/mol. The van der Waals surface area contributed by atoms with Crippen LogP contribution < -0.4 is 27.3 Å². The number of nitrogens with two attached hydrogens (primary N) is 3. The zero-order valence-corrected chi connectivity index (χ0v) is 19.3. The first-order chi connectivity index (χ1) is 16.4. The van der Waals surface area contributed by atoms with Crippen LogP contribution in [0.5, 0.6) is 5.75 Å². The van der Waals surface area contributed by atoms with Crippen LogP contribution in [-0.4, -0.2) is 45.0 Å². The number of imidazole rings is 1. The van der Waals surface area contributed by atoms with Crippen LogP contribution in [0.3, 0.4) is 0 Å². The first kappa shape index (κ1) is 24.5. The summed E-state index contributed by atoms with van der Waals surface area (Å²) in [6.07, 6.45) is 8.02. The summed E-state index contributed by atoms with van der Waals surface area (Å²) < 4.78 is 5.78. The molecule has 8 N–H and O–H groups in total. The number of H-pyrrole nitrogens is 1. The number of nitrogens with zero attached hydrogens (tertiary/aromatic N) is 4. The number of hydrogen-bond donors (Lipinski definition) is 5. The van der Waals surface area contributed by atoms with E-state index in [0.29, 0.717) is 18.8 Å². The molecule has 0 aliphatic carbocycles. The average molecular weight is 466 g/mol. The van der Waals surface area contributed by atoms with Gasteiger partial charge in [-0.25, -0.2) is 15.0 Å². The monoisotopic (exact) mass is 465 g/mol. The molecule has 1 aromatic carbocycles. The highest BCUT2D eigenvalue weighted by Crippen LogP contribution is 2.15. The van der Waals surface area contributed by atoms with Crippen LogP contribution in [0.1, 0.15) is 46.8 Å². The third-order valence-electron chi connectivity index (χ3n) is 5.05. The van der Waals surface area contributed by atoms with Crippen molar-refractivity contribution < 1.29 is 9.53 Å². The van der Waals surface area contributed by atoms with Crippen molar-refractivity contribution in [2.45, 2.75) is 39.0 Å². The minimum Gasteiger partial charge on any atom is -0.494 e. The molecule has 34 heavy (non-hydrogen) atoms. The number of benzene rings is 1. The Labute approximate surface area is 198 Å². The topological polar surface area (TPSA) is 183 Å². The number of ether oxygens (including phenoxy) is 1. The van der Waals surface area contributed by atoms with Gasteiger partial charge in [0.15, 0.2) is 17.5 Å². The van der Waals surface area contributed by atoms with Gasteiger partial charge in [0.2, 0.25) is 0 Å². The van der Waals surface area contributed by atoms with Gasteiger partial charge in [-0.2, -0.15) is 0 Å². The Bertz CT molecular complexity index is 1100. The van der Waals surface area contributed by atoms with Crippen LogP contribution in [0.15, 0.2) is 41.7 Å². The largest absolute Gasteiger partial charge is 0.494 e. The fourth-order valence-electron chi connectivity index (χ4n) is 3.19. The number of aromatic nitrogens is 4. The van der Waals surface area contributed by atoms with E-state index < -0.39 is 5.91 Å². The van der Waals surface area contributed by atoms with E-state index in [1.807, 2.05) is 18.3 Å². The van der Waals surface area contributed by atoms with Gasteiger partial charge in [0, 0.05) is 25.4 Å². The average Bonchev–Trinajstić information content (AvgIpc) is 3.33. The number of carbonyl (C=O) groups excluding carboxylic acids is 1. The second kappa shape index (κ2) is 12.2. The number of rotatable bonds is 11. The van der Waals surface area contributed by atoms with Crippen molar-refractivity contribution >= 4 is 23.5 Å². The lowest BCUT2D eigenvalue weighted by Gasteiger charge is -2.08. The molecule has 11 heteroatoms. The van der Waals surface area contributed by atoms with E-state index in [1.165, 1.54) is 5.56 Å². The maximum absolute atomic E-state index is 12.3. The van der Waals surface area contributed by atoms with E-state index in [1.54, 1.807) is 13.1 Å². The first-order valence-corrected chi connectivity index (χ1v) is 11.1. The molecule has 0 saturated carbocycles. The number of nitrogen functional groups attached to an aromatic ring is 2. The molecule has 3 aromatic rings. The smallest absolute Gasteiger partial charge is 0.280 e. The Morgan fingerprint density at radius 1 is 1.09 bits per heavy atom. The minimum atomic E-state index is -0.572. The summed E-state index contributed by atoms with van der Waals surface area (Å²) in [5.74, 6) is 1.39. The van der Waals surface area contributed by atoms with Crippen molar-refractivity contribution in [2.24, 2.45) is 10.7 Å². The SMILES string of the molecule is Cc1nc(C(=O)NC(N)=NCCCCc2ccc(OCCCc3ncc[nH]3)cc2)c(N)nc1N. The van der Waals surface area contributed by atoms with E-state index in [0.717, 1.165) is 43.7 Å². The summed E-state index contributed by atoms with van der Waals surface area (Å²) in [5, 5.41) is 2.47. The number of carbonyl (C=O) groups is 1. The van der Waals surface area contributed by atoms with Gasteiger partial charge < -0.3 is 26.9 Å². The number of nitrogens with one attached hydrogen (secondary N) is 2. The third kappa shape index (κ3) is 7.47. The second-order valence-corrected chi connectivity index (χ2v) is 7.74. The Morgan fingerprint density at radius 2 is 1.88 bits per heavy atom. The van der Waals surface area contributed by atoms with E-state index in [4.69, 9.17) is 21.9 Å². The van der Waals surface area contributed by atoms with Gasteiger partial charge in [0.05, 0.1) is 12.3 Å². The first-order valence-electron chi connectivity index (χ1n) is 11.1. The van der Waals surface area contributed by atoms with Gasteiger partial charge in [-0.1, -0.05) is 12.1 Å². The van der Waals surface area contributed by atoms with Crippen LogP contribution in [0, 0.1) is 6.92 Å². The zero-order valence-electron chi connectivity index (χ0n) is 19.3. The molecule has 0 unspecified atom stereocenters. The maximum Gasteiger partial charge on any atom is 0.280 e. The summed E-state index contributed by atoms with van der Waals surface area (Å²) >= 11 is 0. The van der Waals surface area contributed by atoms with Gasteiger partial charge in [0.25, 0.3) is 5.91 Å². The van der Waals surface area contributed by atoms with Gasteiger partial charge in [0.1, 0.15) is 17.4 Å². The summed E-state index contributed by atoms with van der Waals surface area (Å²) in [6, 6.07) is 8.11. The number of unbranched alkanes of at least 4 members (excludes halogenated alkanes) is 1. The molecule has 0 fully saturated rings. The molecule has 0 aliphatic heterocycles. The second-order valence-electron chi connectivity index (χ2n) is 7.74. The molecule has 1 amide bonds. The van der Waals surface area contributed by atoms with Gasteiger partial charge in [-0.3, -0.25) is 15.1 Å². The Balaban J connectivity index is 1.33. The predicted octanol–water partition coefficient (Wildman–Crippen LogP) is 1.75. The normalized spacial score (nSPS) is 11.4. The molecule has 11 nitrogen and oxygen atoms in total. The van der Waals surface area contributed by atoms with Crippen LogP contribution >= 0.6 is 0 Å². The lowest BCUT2D eigenvalue weighted by molar-refractivity contribution is 0.0972. The summed E-state index contributed by atoms with van der Waals surface area (Å²) in [6.45, 7) is 2.78. The van der Waals surface area contributed by atoms with Crippen LogP contribution in [-0.2, 0) is 12.8 Å². The van der Waals surface area contributed by atoms with Crippen LogP contribution in [0.2, 0.25) is 0 Å². The number of guanidine groups is 1. The molecule has 0 radical (unpaired) electrons. The molecule has 0 aliphatic rings. The van der Waals surface area contributed by atoms with Crippen molar-refractivity contribution in [1.29, 1.82) is 0 Å². The molecule has 180 valence electrons. The Morgan fingerprint density at radius 3 is 2.62 bits per heavy atom. The highest BCUT2D eigenvalue weighted by molar-refractivity contribution is 6.06. The molecule has 0 saturated heterocycles. The van der Waals surface area contributed by atoms with Crippen molar-refractivity contribution in [3.8, 4) is 5.75 Å². The number of anilines is 2. The van der Waals surface area contributed by atoms with Crippen molar-refractivity contribution in [3.05, 3.63) is 59.4 Å². The van der Waals surface area contributed by atoms with Crippen LogP contribution in [0.25, 0.3) is 0 Å². The fourth-order valence-corrected chi connectivity index (χ4v) is 3.19. The van der Waals surface area contributed by atoms with Crippen molar-refractivity contribution in [3.63, 3.8) is 0 Å². The Kier molecular flexibility index (Phi) is 8.78. The molecule has 2 aromatic heterocycles. The van der Waals surface area contributed by atoms with Crippen molar-refractivity contribution in [2.75, 3.05) is 24.6 Å². The molecule has 3 rings (SSSR count).